The van der Waals surface area contributed by atoms with E-state index in [1.54, 1.807) is 18.0 Å². The predicted molar refractivity (Wildman–Crippen MR) is 106 cm³/mol. The number of likely N-dealkylation sites (N-methyl/N-ethyl adjacent to an activating group) is 2. The molecule has 0 radical (unpaired) electrons. The van der Waals surface area contributed by atoms with E-state index in [0.29, 0.717) is 31.0 Å². The molecule has 2 aromatic carbocycles. The number of ether oxygens (including phenoxy) is 2. The van der Waals surface area contributed by atoms with Gasteiger partial charge in [-0.2, -0.15) is 5.26 Å². The highest BCUT2D eigenvalue weighted by Gasteiger charge is 2.27. The third kappa shape index (κ3) is 4.62. The lowest BCUT2D eigenvalue weighted by Gasteiger charge is -2.32. The molecular weight excluding hydrogens is 354 g/mol. The summed E-state index contributed by atoms with van der Waals surface area (Å²) in [5.41, 5.74) is 1.63. The SMILES string of the molecule is CC(C(=O)N(C)CC1COc2ccccc2O1)N(C)Cc1cccc(C#N)c1. The molecule has 0 N–H and O–H groups in total. The minimum atomic E-state index is -0.299. The fourth-order valence-electron chi connectivity index (χ4n) is 3.22. The van der Waals surface area contributed by atoms with Crippen molar-refractivity contribution < 1.29 is 14.3 Å². The van der Waals surface area contributed by atoms with E-state index in [-0.39, 0.29) is 18.1 Å². The van der Waals surface area contributed by atoms with Crippen molar-refractivity contribution in [1.82, 2.24) is 9.80 Å². The summed E-state index contributed by atoms with van der Waals surface area (Å²) in [7, 11) is 3.69. The van der Waals surface area contributed by atoms with Crippen LogP contribution in [0.15, 0.2) is 48.5 Å². The molecule has 146 valence electrons. The summed E-state index contributed by atoms with van der Waals surface area (Å²) in [5.74, 6) is 1.46. The lowest BCUT2D eigenvalue weighted by molar-refractivity contribution is -0.136. The Labute approximate surface area is 165 Å². The van der Waals surface area contributed by atoms with Crippen LogP contribution in [0.5, 0.6) is 11.5 Å². The van der Waals surface area contributed by atoms with Gasteiger partial charge in [0.1, 0.15) is 6.61 Å². The molecule has 1 heterocycles. The molecule has 0 saturated heterocycles. The number of fused-ring (bicyclic) bond motifs is 1. The highest BCUT2D eigenvalue weighted by molar-refractivity contribution is 5.81. The molecular formula is C22H25N3O3. The standard InChI is InChI=1S/C22H25N3O3/c1-16(24(2)13-18-8-6-7-17(11-18)12-23)22(26)25(3)14-19-15-27-20-9-4-5-10-21(20)28-19/h4-11,16,19H,13-15H2,1-3H3. The average Bonchev–Trinajstić information content (AvgIpc) is 2.72. The Balaban J connectivity index is 1.56. The second-order valence-corrected chi connectivity index (χ2v) is 7.12. The van der Waals surface area contributed by atoms with Gasteiger partial charge >= 0.3 is 0 Å². The molecule has 28 heavy (non-hydrogen) atoms. The zero-order chi connectivity index (χ0) is 20.1. The summed E-state index contributed by atoms with van der Waals surface area (Å²) in [4.78, 5) is 16.5. The lowest BCUT2D eigenvalue weighted by atomic mass is 10.1. The number of nitrogens with zero attached hydrogens (tertiary/aromatic N) is 3. The molecule has 6 nitrogen and oxygen atoms in total. The first kappa shape index (κ1) is 19.7. The van der Waals surface area contributed by atoms with Crippen molar-refractivity contribution in [2.45, 2.75) is 25.6 Å². The smallest absolute Gasteiger partial charge is 0.239 e. The number of benzene rings is 2. The van der Waals surface area contributed by atoms with Crippen molar-refractivity contribution in [3.63, 3.8) is 0 Å². The van der Waals surface area contributed by atoms with Crippen molar-refractivity contribution in [3.8, 4) is 17.6 Å². The molecule has 1 aliphatic rings. The van der Waals surface area contributed by atoms with E-state index in [1.807, 2.05) is 61.3 Å². The molecule has 2 unspecified atom stereocenters. The summed E-state index contributed by atoms with van der Waals surface area (Å²) < 4.78 is 11.7. The van der Waals surface area contributed by atoms with Gasteiger partial charge in [0.15, 0.2) is 17.6 Å². The molecule has 0 saturated carbocycles. The second-order valence-electron chi connectivity index (χ2n) is 7.12. The molecule has 0 aromatic heterocycles. The maximum atomic E-state index is 12.9. The quantitative estimate of drug-likeness (QED) is 0.772. The molecule has 0 aliphatic carbocycles. The van der Waals surface area contributed by atoms with Crippen LogP contribution in [0.2, 0.25) is 0 Å². The zero-order valence-corrected chi connectivity index (χ0v) is 16.5. The Morgan fingerprint density at radius 1 is 1.21 bits per heavy atom. The Hall–Kier alpha value is -3.04. The lowest BCUT2D eigenvalue weighted by Crippen LogP contribution is -2.48. The minimum Gasteiger partial charge on any atom is -0.486 e. The molecule has 3 rings (SSSR count). The monoisotopic (exact) mass is 379 g/mol. The number of rotatable bonds is 6. The average molecular weight is 379 g/mol. The first-order valence-corrected chi connectivity index (χ1v) is 9.30. The Morgan fingerprint density at radius 3 is 2.71 bits per heavy atom. The van der Waals surface area contributed by atoms with Gasteiger partial charge in [0.2, 0.25) is 5.91 Å². The molecule has 0 bridgehead atoms. The largest absolute Gasteiger partial charge is 0.486 e. The third-order valence-corrected chi connectivity index (χ3v) is 4.93. The van der Waals surface area contributed by atoms with Crippen molar-refractivity contribution in [3.05, 3.63) is 59.7 Å². The van der Waals surface area contributed by atoms with Gasteiger partial charge in [-0.3, -0.25) is 9.69 Å². The number of hydrogen-bond donors (Lipinski definition) is 0. The van der Waals surface area contributed by atoms with Crippen LogP contribution in [0.4, 0.5) is 0 Å². The number of carbonyl (C=O) groups is 1. The first-order chi connectivity index (χ1) is 13.5. The Kier molecular flexibility index (Phi) is 6.17. The van der Waals surface area contributed by atoms with E-state index in [4.69, 9.17) is 14.7 Å². The van der Waals surface area contributed by atoms with Crippen LogP contribution in [0.3, 0.4) is 0 Å². The van der Waals surface area contributed by atoms with E-state index in [0.717, 1.165) is 11.3 Å². The third-order valence-electron chi connectivity index (χ3n) is 4.93. The second kappa shape index (κ2) is 8.77. The Morgan fingerprint density at radius 2 is 1.96 bits per heavy atom. The van der Waals surface area contributed by atoms with E-state index in [9.17, 15) is 4.79 Å². The van der Waals surface area contributed by atoms with Crippen LogP contribution < -0.4 is 9.47 Å². The molecule has 0 spiro atoms. The van der Waals surface area contributed by atoms with Crippen LogP contribution in [0.1, 0.15) is 18.1 Å². The van der Waals surface area contributed by atoms with Crippen molar-refractivity contribution >= 4 is 5.91 Å². The fraction of sp³-hybridized carbons (Fsp3) is 0.364. The number of hydrogen-bond acceptors (Lipinski definition) is 5. The highest BCUT2D eigenvalue weighted by atomic mass is 16.6. The molecule has 2 aromatic rings. The highest BCUT2D eigenvalue weighted by Crippen LogP contribution is 2.31. The van der Waals surface area contributed by atoms with Crippen LogP contribution in [-0.4, -0.2) is 55.1 Å². The van der Waals surface area contributed by atoms with Crippen LogP contribution in [-0.2, 0) is 11.3 Å². The predicted octanol–water partition coefficient (Wildman–Crippen LogP) is 2.68. The molecule has 2 atom stereocenters. The normalized spacial score (nSPS) is 16.3. The van der Waals surface area contributed by atoms with Gasteiger partial charge < -0.3 is 14.4 Å². The summed E-state index contributed by atoms with van der Waals surface area (Å²) in [6.07, 6.45) is -0.200. The maximum absolute atomic E-state index is 12.9. The molecule has 1 amide bonds. The number of amides is 1. The molecule has 1 aliphatic heterocycles. The maximum Gasteiger partial charge on any atom is 0.239 e. The van der Waals surface area contributed by atoms with Gasteiger partial charge in [0.25, 0.3) is 0 Å². The van der Waals surface area contributed by atoms with Gasteiger partial charge in [-0.05, 0) is 43.8 Å². The van der Waals surface area contributed by atoms with E-state index < -0.39 is 0 Å². The first-order valence-electron chi connectivity index (χ1n) is 9.30. The fourth-order valence-corrected chi connectivity index (χ4v) is 3.22. The summed E-state index contributed by atoms with van der Waals surface area (Å²) in [5, 5.41) is 9.04. The van der Waals surface area contributed by atoms with Crippen molar-refractivity contribution in [1.29, 1.82) is 5.26 Å². The number of carbonyl (C=O) groups excluding carboxylic acids is 1. The van der Waals surface area contributed by atoms with Gasteiger partial charge in [-0.15, -0.1) is 0 Å². The van der Waals surface area contributed by atoms with E-state index in [2.05, 4.69) is 6.07 Å². The Bertz CT molecular complexity index is 877. The van der Waals surface area contributed by atoms with Gasteiger partial charge in [-0.25, -0.2) is 0 Å². The van der Waals surface area contributed by atoms with Crippen LogP contribution in [0.25, 0.3) is 0 Å². The van der Waals surface area contributed by atoms with Gasteiger partial charge in [0.05, 0.1) is 24.2 Å². The summed E-state index contributed by atoms with van der Waals surface area (Å²) in [6.45, 7) is 3.35. The van der Waals surface area contributed by atoms with Crippen LogP contribution >= 0.6 is 0 Å². The topological polar surface area (TPSA) is 65.8 Å². The van der Waals surface area contributed by atoms with E-state index in [1.165, 1.54) is 0 Å². The van der Waals surface area contributed by atoms with Gasteiger partial charge in [0, 0.05) is 13.6 Å². The minimum absolute atomic E-state index is 0.0152. The van der Waals surface area contributed by atoms with E-state index >= 15 is 0 Å². The number of para-hydroxylation sites is 2. The van der Waals surface area contributed by atoms with Gasteiger partial charge in [-0.1, -0.05) is 24.3 Å². The van der Waals surface area contributed by atoms with Crippen molar-refractivity contribution in [2.24, 2.45) is 0 Å². The number of nitriles is 1. The summed E-state index contributed by atoms with van der Waals surface area (Å²) >= 11 is 0. The zero-order valence-electron chi connectivity index (χ0n) is 16.5. The van der Waals surface area contributed by atoms with Crippen LogP contribution in [0, 0.1) is 11.3 Å². The van der Waals surface area contributed by atoms with Crippen molar-refractivity contribution in [2.75, 3.05) is 27.2 Å². The summed E-state index contributed by atoms with van der Waals surface area (Å²) in [6, 6.07) is 16.8. The molecule has 6 heteroatoms. The molecule has 0 fully saturated rings.